The van der Waals surface area contributed by atoms with E-state index in [1.807, 2.05) is 39.8 Å². The van der Waals surface area contributed by atoms with Crippen molar-refractivity contribution in [3.05, 3.63) is 23.3 Å². The summed E-state index contributed by atoms with van der Waals surface area (Å²) in [6.45, 7) is 9.32. The van der Waals surface area contributed by atoms with Crippen molar-refractivity contribution in [1.29, 1.82) is 0 Å². The lowest BCUT2D eigenvalue weighted by Gasteiger charge is -2.01. The summed E-state index contributed by atoms with van der Waals surface area (Å²) < 4.78 is 15.5. The molecule has 0 aliphatic rings. The van der Waals surface area contributed by atoms with Gasteiger partial charge in [-0.1, -0.05) is 23.3 Å². The SMILES string of the molecule is CC(C)=CCOBOBOCC=C(C)C. The molecule has 0 rings (SSSR count). The molecule has 0 spiro atoms. The number of hydrogen-bond acceptors (Lipinski definition) is 3. The monoisotopic (exact) mass is 210 g/mol. The third kappa shape index (κ3) is 13.5. The summed E-state index contributed by atoms with van der Waals surface area (Å²) >= 11 is 0. The maximum Gasteiger partial charge on any atom is 0.424 e. The van der Waals surface area contributed by atoms with Gasteiger partial charge >= 0.3 is 15.4 Å². The van der Waals surface area contributed by atoms with Crippen molar-refractivity contribution in [2.45, 2.75) is 27.7 Å². The second kappa shape index (κ2) is 10.0. The van der Waals surface area contributed by atoms with Crippen LogP contribution in [0.5, 0.6) is 0 Å². The minimum Gasteiger partial charge on any atom is -0.457 e. The molecule has 0 unspecified atom stereocenters. The molecule has 0 radical (unpaired) electrons. The summed E-state index contributed by atoms with van der Waals surface area (Å²) in [7, 11) is 0.553. The molecule has 0 aromatic rings. The molecule has 0 N–H and O–H groups in total. The molecule has 0 saturated carbocycles. The van der Waals surface area contributed by atoms with E-state index in [9.17, 15) is 0 Å². The van der Waals surface area contributed by atoms with Gasteiger partial charge in [0.25, 0.3) is 0 Å². The Morgan fingerprint density at radius 3 is 1.60 bits per heavy atom. The van der Waals surface area contributed by atoms with Crippen LogP contribution in [0.3, 0.4) is 0 Å². The Morgan fingerprint density at radius 2 is 1.27 bits per heavy atom. The van der Waals surface area contributed by atoms with Crippen LogP contribution < -0.4 is 0 Å². The zero-order chi connectivity index (χ0) is 11.5. The zero-order valence-electron chi connectivity index (χ0n) is 10.2. The van der Waals surface area contributed by atoms with Crippen LogP contribution >= 0.6 is 0 Å². The molecule has 84 valence electrons. The van der Waals surface area contributed by atoms with Crippen LogP contribution in [0.15, 0.2) is 23.3 Å². The highest BCUT2D eigenvalue weighted by Gasteiger charge is 1.93. The minimum absolute atomic E-state index is 0.276. The largest absolute Gasteiger partial charge is 0.457 e. The van der Waals surface area contributed by atoms with Crippen molar-refractivity contribution < 1.29 is 13.9 Å². The van der Waals surface area contributed by atoms with Crippen molar-refractivity contribution in [1.82, 2.24) is 0 Å². The fourth-order valence-corrected chi connectivity index (χ4v) is 0.699. The Labute approximate surface area is 94.1 Å². The average Bonchev–Trinajstić information content (AvgIpc) is 2.14. The van der Waals surface area contributed by atoms with Gasteiger partial charge in [-0.3, -0.25) is 0 Å². The van der Waals surface area contributed by atoms with Gasteiger partial charge < -0.3 is 13.9 Å². The first-order valence-electron chi connectivity index (χ1n) is 5.13. The molecule has 0 amide bonds. The molecule has 0 fully saturated rings. The van der Waals surface area contributed by atoms with Gasteiger partial charge in [-0.05, 0) is 27.7 Å². The lowest BCUT2D eigenvalue weighted by Crippen LogP contribution is -2.11. The summed E-state index contributed by atoms with van der Waals surface area (Å²) in [5.41, 5.74) is 2.49. The Hall–Kier alpha value is -0.510. The maximum absolute atomic E-state index is 5.18. The van der Waals surface area contributed by atoms with Crippen LogP contribution in [-0.4, -0.2) is 28.6 Å². The summed E-state index contributed by atoms with van der Waals surface area (Å²) in [5.74, 6) is 0. The first kappa shape index (κ1) is 14.5. The van der Waals surface area contributed by atoms with Crippen LogP contribution in [0, 0.1) is 0 Å². The molecule has 0 aromatic carbocycles. The summed E-state index contributed by atoms with van der Waals surface area (Å²) in [6.07, 6.45) is 4.01. The van der Waals surface area contributed by atoms with Crippen LogP contribution in [0.1, 0.15) is 27.7 Å². The van der Waals surface area contributed by atoms with E-state index in [0.717, 1.165) is 0 Å². The minimum atomic E-state index is 0.276. The van der Waals surface area contributed by atoms with E-state index in [2.05, 4.69) is 0 Å². The molecule has 0 bridgehead atoms. The van der Waals surface area contributed by atoms with Gasteiger partial charge in [-0.25, -0.2) is 0 Å². The second-order valence-electron chi connectivity index (χ2n) is 3.74. The van der Waals surface area contributed by atoms with Crippen LogP contribution in [-0.2, 0) is 13.9 Å². The highest BCUT2D eigenvalue weighted by atomic mass is 16.6. The van der Waals surface area contributed by atoms with Gasteiger partial charge in [0.05, 0.1) is 0 Å². The van der Waals surface area contributed by atoms with Crippen LogP contribution in [0.2, 0.25) is 0 Å². The first-order chi connectivity index (χ1) is 7.13. The van der Waals surface area contributed by atoms with Crippen molar-refractivity contribution in [2.24, 2.45) is 0 Å². The Morgan fingerprint density at radius 1 is 0.867 bits per heavy atom. The van der Waals surface area contributed by atoms with Crippen molar-refractivity contribution in [3.63, 3.8) is 0 Å². The number of allylic oxidation sites excluding steroid dienone is 2. The third-order valence-corrected chi connectivity index (χ3v) is 1.55. The van der Waals surface area contributed by atoms with Gasteiger partial charge in [-0.15, -0.1) is 0 Å². The van der Waals surface area contributed by atoms with Gasteiger partial charge in [0.1, 0.15) is 0 Å². The Bertz CT molecular complexity index is 185. The zero-order valence-corrected chi connectivity index (χ0v) is 10.2. The van der Waals surface area contributed by atoms with E-state index in [0.29, 0.717) is 13.2 Å². The summed E-state index contributed by atoms with van der Waals surface area (Å²) in [4.78, 5) is 0. The standard InChI is InChI=1S/C10H20B2O3/c1-9(2)5-7-13-11-15-12-14-8-6-10(3)4/h5-6,11-12H,7-8H2,1-4H3. The van der Waals surface area contributed by atoms with Crippen LogP contribution in [0.25, 0.3) is 0 Å². The van der Waals surface area contributed by atoms with Gasteiger partial charge in [0, 0.05) is 13.2 Å². The van der Waals surface area contributed by atoms with Gasteiger partial charge in [0.15, 0.2) is 0 Å². The average molecular weight is 210 g/mol. The predicted octanol–water partition coefficient (Wildman–Crippen LogP) is 1.50. The van der Waals surface area contributed by atoms with Crippen LogP contribution in [0.4, 0.5) is 0 Å². The second-order valence-corrected chi connectivity index (χ2v) is 3.74. The highest BCUT2D eigenvalue weighted by Crippen LogP contribution is 1.89. The molecule has 0 heterocycles. The molecule has 0 aliphatic carbocycles. The Balaban J connectivity index is 3.12. The molecular weight excluding hydrogens is 190 g/mol. The summed E-state index contributed by atoms with van der Waals surface area (Å²) in [6, 6.07) is 0. The fourth-order valence-electron chi connectivity index (χ4n) is 0.699. The lowest BCUT2D eigenvalue weighted by molar-refractivity contribution is 0.283. The summed E-state index contributed by atoms with van der Waals surface area (Å²) in [5, 5.41) is 0. The Kier molecular flexibility index (Phi) is 9.68. The van der Waals surface area contributed by atoms with E-state index in [-0.39, 0.29) is 15.4 Å². The van der Waals surface area contributed by atoms with Crippen molar-refractivity contribution in [2.75, 3.05) is 13.2 Å². The molecule has 0 aromatic heterocycles. The van der Waals surface area contributed by atoms with Crippen molar-refractivity contribution in [3.8, 4) is 0 Å². The molecule has 5 heteroatoms. The van der Waals surface area contributed by atoms with E-state index in [1.54, 1.807) is 0 Å². The highest BCUT2D eigenvalue weighted by molar-refractivity contribution is 6.34. The third-order valence-electron chi connectivity index (χ3n) is 1.55. The molecule has 3 nitrogen and oxygen atoms in total. The first-order valence-corrected chi connectivity index (χ1v) is 5.13. The van der Waals surface area contributed by atoms with Gasteiger partial charge in [-0.2, -0.15) is 0 Å². The quantitative estimate of drug-likeness (QED) is 0.345. The topological polar surface area (TPSA) is 27.7 Å². The fraction of sp³-hybridized carbons (Fsp3) is 0.600. The predicted molar refractivity (Wildman–Crippen MR) is 66.1 cm³/mol. The molecular formula is C10H20B2O3. The van der Waals surface area contributed by atoms with E-state index in [4.69, 9.17) is 13.9 Å². The number of hydrogen-bond donors (Lipinski definition) is 0. The lowest BCUT2D eigenvalue weighted by atomic mass is 10.2. The van der Waals surface area contributed by atoms with Gasteiger partial charge in [0.2, 0.25) is 0 Å². The number of rotatable bonds is 8. The smallest absolute Gasteiger partial charge is 0.424 e. The van der Waals surface area contributed by atoms with E-state index < -0.39 is 0 Å². The van der Waals surface area contributed by atoms with E-state index in [1.165, 1.54) is 11.1 Å². The van der Waals surface area contributed by atoms with E-state index >= 15 is 0 Å². The van der Waals surface area contributed by atoms with Crippen molar-refractivity contribution >= 4 is 15.4 Å². The normalized spacial score (nSPS) is 9.33. The molecule has 0 saturated heterocycles. The molecule has 0 aliphatic heterocycles. The molecule has 0 atom stereocenters. The molecule has 15 heavy (non-hydrogen) atoms. The maximum atomic E-state index is 5.18.